The Hall–Kier alpha value is -1.80. The molecule has 3 heterocycles. The number of hydrogen-bond acceptors (Lipinski definition) is 5. The zero-order valence-corrected chi connectivity index (χ0v) is 21.6. The van der Waals surface area contributed by atoms with Gasteiger partial charge in [0, 0.05) is 69.8 Å². The van der Waals surface area contributed by atoms with E-state index >= 15 is 0 Å². The Labute approximate surface area is 236 Å². The van der Waals surface area contributed by atoms with Gasteiger partial charge in [-0.25, -0.2) is 15.5 Å². The monoisotopic (exact) mass is 619 g/mol. The summed E-state index contributed by atoms with van der Waals surface area (Å²) in [5, 5.41) is 6.34. The van der Waals surface area contributed by atoms with Crippen LogP contribution in [-0.2, 0) is 4.79 Å². The molecule has 0 aliphatic rings. The molecule has 8 heteroatoms. The summed E-state index contributed by atoms with van der Waals surface area (Å²) in [7, 11) is 0. The quantitative estimate of drug-likeness (QED) is 0.215. The average molecular weight is 619 g/mol. The Morgan fingerprint density at radius 1 is 1.09 bits per heavy atom. The van der Waals surface area contributed by atoms with Crippen molar-refractivity contribution in [1.29, 1.82) is 0 Å². The molecule has 1 aromatic carbocycles. The molecule has 0 saturated heterocycles. The SMILES string of the molecule is C[C-](C)N(C(=O)C(C)(C)C)c1cccc(-c2ccnc3c(C(=O)c4cccs4)cnn23)c1.[Yb]. The molecule has 0 spiro atoms. The van der Waals surface area contributed by atoms with Crippen molar-refractivity contribution >= 4 is 34.4 Å². The van der Waals surface area contributed by atoms with E-state index in [2.05, 4.69) is 10.1 Å². The van der Waals surface area contributed by atoms with Crippen molar-refractivity contribution in [3.05, 3.63) is 76.7 Å². The maximum Gasteiger partial charge on any atom is 0.208 e. The molecule has 4 rings (SSSR count). The number of amides is 1. The van der Waals surface area contributed by atoms with Crippen LogP contribution in [0.3, 0.4) is 0 Å². The Kier molecular flexibility index (Phi) is 7.99. The summed E-state index contributed by atoms with van der Waals surface area (Å²) in [6.45, 7) is 9.60. The summed E-state index contributed by atoms with van der Waals surface area (Å²) >= 11 is 1.40. The number of anilines is 1. The van der Waals surface area contributed by atoms with Crippen LogP contribution in [0.25, 0.3) is 16.9 Å². The van der Waals surface area contributed by atoms with Crippen LogP contribution in [0.2, 0.25) is 0 Å². The van der Waals surface area contributed by atoms with Crippen molar-refractivity contribution in [1.82, 2.24) is 14.6 Å². The molecule has 33 heavy (non-hydrogen) atoms. The number of aromatic nitrogens is 3. The largest absolute Gasteiger partial charge is 0.462 e. The zero-order chi connectivity index (χ0) is 23.0. The number of carbonyl (C=O) groups excluding carboxylic acids is 2. The molecule has 178 valence electrons. The second-order valence-corrected chi connectivity index (χ2v) is 9.77. The van der Waals surface area contributed by atoms with Gasteiger partial charge >= 0.3 is 0 Å². The Balaban J connectivity index is 0.00000306. The van der Waals surface area contributed by atoms with Crippen molar-refractivity contribution in [2.75, 3.05) is 4.90 Å². The van der Waals surface area contributed by atoms with Crippen molar-refractivity contribution in [3.8, 4) is 11.3 Å². The summed E-state index contributed by atoms with van der Waals surface area (Å²) in [6.07, 6.45) is 3.25. The van der Waals surface area contributed by atoms with Gasteiger partial charge < -0.3 is 4.90 Å². The minimum atomic E-state index is -0.518. The number of nitrogens with zero attached hydrogens (tertiary/aromatic N) is 4. The third-order valence-electron chi connectivity index (χ3n) is 5.08. The second kappa shape index (κ2) is 10.2. The second-order valence-electron chi connectivity index (χ2n) is 8.82. The molecule has 0 unspecified atom stereocenters. The number of ketones is 1. The first-order chi connectivity index (χ1) is 15.2. The average Bonchev–Trinajstić information content (AvgIpc) is 3.43. The van der Waals surface area contributed by atoms with Crippen LogP contribution in [-0.4, -0.2) is 26.3 Å². The fourth-order valence-corrected chi connectivity index (χ4v) is 4.21. The molecule has 0 radical (unpaired) electrons. The predicted molar refractivity (Wildman–Crippen MR) is 128 cm³/mol. The molecule has 0 aliphatic carbocycles. The van der Waals surface area contributed by atoms with E-state index in [0.29, 0.717) is 16.1 Å². The number of fused-ring (bicyclic) bond motifs is 1. The van der Waals surface area contributed by atoms with Crippen molar-refractivity contribution in [2.45, 2.75) is 34.6 Å². The third kappa shape index (κ3) is 5.16. The van der Waals surface area contributed by atoms with E-state index in [1.165, 1.54) is 11.3 Å². The smallest absolute Gasteiger partial charge is 0.208 e. The minimum absolute atomic E-state index is 0. The first-order valence-electron chi connectivity index (χ1n) is 10.3. The van der Waals surface area contributed by atoms with Gasteiger partial charge in [0.1, 0.15) is 0 Å². The van der Waals surface area contributed by atoms with Gasteiger partial charge in [-0.15, -0.1) is 11.3 Å². The molecule has 0 bridgehead atoms. The number of thiophene rings is 1. The molecule has 1 amide bonds. The van der Waals surface area contributed by atoms with Gasteiger partial charge in [0.15, 0.2) is 5.65 Å². The van der Waals surface area contributed by atoms with Gasteiger partial charge in [-0.1, -0.05) is 39.0 Å². The number of rotatable bonds is 5. The first-order valence-corrected chi connectivity index (χ1v) is 11.2. The van der Waals surface area contributed by atoms with Crippen LogP contribution in [0.1, 0.15) is 49.9 Å². The van der Waals surface area contributed by atoms with Gasteiger partial charge in [-0.3, -0.25) is 9.59 Å². The Bertz CT molecular complexity index is 1290. The topological polar surface area (TPSA) is 67.6 Å². The molecule has 4 aromatic rings. The van der Waals surface area contributed by atoms with E-state index < -0.39 is 5.41 Å². The van der Waals surface area contributed by atoms with E-state index in [-0.39, 0.29) is 58.6 Å². The molecule has 3 aromatic heterocycles. The van der Waals surface area contributed by atoms with Gasteiger partial charge in [-0.2, -0.15) is 18.9 Å². The van der Waals surface area contributed by atoms with E-state index in [1.54, 1.807) is 27.9 Å². The minimum Gasteiger partial charge on any atom is -0.462 e. The summed E-state index contributed by atoms with van der Waals surface area (Å²) in [5.74, 6) is -0.0657. The molecule has 0 aliphatic heterocycles. The summed E-state index contributed by atoms with van der Waals surface area (Å²) in [5.41, 5.74) is 2.91. The van der Waals surface area contributed by atoms with Gasteiger partial charge in [0.2, 0.25) is 11.7 Å². The summed E-state index contributed by atoms with van der Waals surface area (Å²) in [4.78, 5) is 32.8. The van der Waals surface area contributed by atoms with Crippen molar-refractivity contribution in [3.63, 3.8) is 0 Å². The standard InChI is InChI=1S/C25H25N4O2S.Yb/c1-16(2)28(24(31)25(3,4)5)18-9-6-8-17(14-18)20-11-12-26-23-19(15-27-29(20)23)22(30)21-10-7-13-32-21;/h6-15H,1-5H3;/q-1;. The molecule has 0 N–H and O–H groups in total. The van der Waals surface area contributed by atoms with Crippen molar-refractivity contribution < 1.29 is 56.5 Å². The number of benzene rings is 1. The van der Waals surface area contributed by atoms with Gasteiger partial charge in [0.25, 0.3) is 0 Å². The van der Waals surface area contributed by atoms with Gasteiger partial charge in [0.05, 0.1) is 22.3 Å². The molecule has 0 saturated carbocycles. The van der Waals surface area contributed by atoms with Crippen molar-refractivity contribution in [2.24, 2.45) is 5.41 Å². The van der Waals surface area contributed by atoms with Crippen LogP contribution >= 0.6 is 11.3 Å². The molecule has 6 nitrogen and oxygen atoms in total. The molecular weight excluding hydrogens is 593 g/mol. The van der Waals surface area contributed by atoms with E-state index in [0.717, 1.165) is 23.0 Å². The summed E-state index contributed by atoms with van der Waals surface area (Å²) < 4.78 is 1.68. The van der Waals surface area contributed by atoms with Crippen LogP contribution < -0.4 is 4.90 Å². The summed E-state index contributed by atoms with van der Waals surface area (Å²) in [6, 6.07) is 14.2. The van der Waals surface area contributed by atoms with Gasteiger partial charge in [-0.05, 0) is 29.6 Å². The molecular formula is C25H25N4O2SYb-. The van der Waals surface area contributed by atoms with Crippen LogP contribution in [0.5, 0.6) is 0 Å². The first kappa shape index (κ1) is 25.8. The van der Waals surface area contributed by atoms with Crippen LogP contribution in [0.4, 0.5) is 5.69 Å². The number of hydrogen-bond donors (Lipinski definition) is 0. The Morgan fingerprint density at radius 2 is 1.85 bits per heavy atom. The number of carbonyl (C=O) groups is 2. The van der Waals surface area contributed by atoms with Crippen LogP contribution in [0.15, 0.2) is 60.2 Å². The molecule has 0 atom stereocenters. The normalized spacial score (nSPS) is 11.5. The maximum atomic E-state index is 13.1. The van der Waals surface area contributed by atoms with E-state index in [4.69, 9.17) is 0 Å². The zero-order valence-electron chi connectivity index (χ0n) is 19.1. The molecule has 0 fully saturated rings. The third-order valence-corrected chi connectivity index (χ3v) is 5.95. The van der Waals surface area contributed by atoms with E-state index in [1.807, 2.05) is 76.4 Å². The maximum absolute atomic E-state index is 13.1. The fourth-order valence-electron chi connectivity index (χ4n) is 3.53. The van der Waals surface area contributed by atoms with Crippen LogP contribution in [0, 0.1) is 58.4 Å². The fraction of sp³-hybridized carbons (Fsp3) is 0.240. The predicted octanol–water partition coefficient (Wildman–Crippen LogP) is 5.64. The Morgan fingerprint density at radius 3 is 2.48 bits per heavy atom. The van der Waals surface area contributed by atoms with E-state index in [9.17, 15) is 9.59 Å².